The smallest absolute Gasteiger partial charge is 0.171 e. The zero-order valence-corrected chi connectivity index (χ0v) is 17.1. The number of nitrogens with zero attached hydrogens (tertiary/aromatic N) is 1. The molecular formula is C20H16Cl2FN3OS. The molecule has 0 radical (unpaired) electrons. The second-order valence-corrected chi connectivity index (χ2v) is 6.93. The van der Waals surface area contributed by atoms with Crippen molar-refractivity contribution >= 4 is 46.2 Å². The summed E-state index contributed by atoms with van der Waals surface area (Å²) >= 11 is 17.5. The SMILES string of the molecule is COc1cccc(F)c1-c1ncccc1CNC(=S)Nc1cccc(Cl)c1Cl. The summed E-state index contributed by atoms with van der Waals surface area (Å²) in [6.07, 6.45) is 1.60. The molecule has 2 aromatic carbocycles. The van der Waals surface area contributed by atoms with E-state index in [1.54, 1.807) is 42.6 Å². The van der Waals surface area contributed by atoms with E-state index >= 15 is 0 Å². The molecular weight excluding hydrogens is 420 g/mol. The molecule has 2 N–H and O–H groups in total. The number of hydrogen-bond acceptors (Lipinski definition) is 3. The Bertz CT molecular complexity index is 1020. The average molecular weight is 436 g/mol. The van der Waals surface area contributed by atoms with Crippen LogP contribution in [-0.4, -0.2) is 17.2 Å². The van der Waals surface area contributed by atoms with Crippen LogP contribution in [0.4, 0.5) is 10.1 Å². The van der Waals surface area contributed by atoms with Crippen LogP contribution < -0.4 is 15.4 Å². The van der Waals surface area contributed by atoms with E-state index in [2.05, 4.69) is 15.6 Å². The molecule has 0 spiro atoms. The van der Waals surface area contributed by atoms with E-state index in [1.165, 1.54) is 13.2 Å². The number of nitrogens with one attached hydrogen (secondary N) is 2. The Morgan fingerprint density at radius 1 is 1.14 bits per heavy atom. The number of aromatic nitrogens is 1. The highest BCUT2D eigenvalue weighted by Crippen LogP contribution is 2.33. The Balaban J connectivity index is 1.80. The second kappa shape index (κ2) is 9.19. The summed E-state index contributed by atoms with van der Waals surface area (Å²) in [6, 6.07) is 13.5. The zero-order chi connectivity index (χ0) is 20.1. The first-order valence-electron chi connectivity index (χ1n) is 8.27. The van der Waals surface area contributed by atoms with Gasteiger partial charge in [-0.2, -0.15) is 0 Å². The molecule has 3 aromatic rings. The van der Waals surface area contributed by atoms with Gasteiger partial charge in [-0.15, -0.1) is 0 Å². The molecule has 0 aliphatic rings. The van der Waals surface area contributed by atoms with Crippen LogP contribution in [0.3, 0.4) is 0 Å². The van der Waals surface area contributed by atoms with Crippen molar-refractivity contribution in [2.24, 2.45) is 0 Å². The monoisotopic (exact) mass is 435 g/mol. The fourth-order valence-corrected chi connectivity index (χ4v) is 3.18. The highest BCUT2D eigenvalue weighted by Gasteiger charge is 2.16. The molecule has 0 fully saturated rings. The van der Waals surface area contributed by atoms with Gasteiger partial charge >= 0.3 is 0 Å². The van der Waals surface area contributed by atoms with E-state index in [4.69, 9.17) is 40.2 Å². The fourth-order valence-electron chi connectivity index (χ4n) is 2.65. The van der Waals surface area contributed by atoms with Gasteiger partial charge in [-0.3, -0.25) is 4.98 Å². The maximum atomic E-state index is 14.5. The van der Waals surface area contributed by atoms with Crippen molar-refractivity contribution in [3.05, 3.63) is 76.2 Å². The predicted octanol–water partition coefficient (Wildman–Crippen LogP) is 5.69. The van der Waals surface area contributed by atoms with E-state index in [0.29, 0.717) is 44.4 Å². The number of ether oxygens (including phenoxy) is 1. The normalized spacial score (nSPS) is 10.4. The van der Waals surface area contributed by atoms with Gasteiger partial charge < -0.3 is 15.4 Å². The van der Waals surface area contributed by atoms with Gasteiger partial charge in [0.25, 0.3) is 0 Å². The van der Waals surface area contributed by atoms with Crippen LogP contribution in [-0.2, 0) is 6.54 Å². The molecule has 0 aliphatic carbocycles. The van der Waals surface area contributed by atoms with E-state index in [1.807, 2.05) is 6.07 Å². The number of pyridine rings is 1. The average Bonchev–Trinajstić information content (AvgIpc) is 2.70. The summed E-state index contributed by atoms with van der Waals surface area (Å²) in [6.45, 7) is 0.324. The van der Waals surface area contributed by atoms with Crippen LogP contribution >= 0.6 is 35.4 Å². The van der Waals surface area contributed by atoms with E-state index in [0.717, 1.165) is 5.56 Å². The van der Waals surface area contributed by atoms with Gasteiger partial charge in [0.1, 0.15) is 11.6 Å². The Morgan fingerprint density at radius 3 is 2.71 bits per heavy atom. The summed E-state index contributed by atoms with van der Waals surface area (Å²) in [5.74, 6) is -0.00271. The molecule has 4 nitrogen and oxygen atoms in total. The highest BCUT2D eigenvalue weighted by atomic mass is 35.5. The number of hydrogen-bond donors (Lipinski definition) is 2. The molecule has 1 heterocycles. The van der Waals surface area contributed by atoms with Crippen LogP contribution in [0.5, 0.6) is 5.75 Å². The molecule has 0 unspecified atom stereocenters. The maximum Gasteiger partial charge on any atom is 0.171 e. The summed E-state index contributed by atoms with van der Waals surface area (Å²) in [5.41, 5.74) is 2.13. The zero-order valence-electron chi connectivity index (χ0n) is 14.8. The lowest BCUT2D eigenvalue weighted by molar-refractivity contribution is 0.413. The number of thiocarbonyl (C=S) groups is 1. The first-order valence-corrected chi connectivity index (χ1v) is 9.43. The predicted molar refractivity (Wildman–Crippen MR) is 116 cm³/mol. The molecule has 8 heteroatoms. The lowest BCUT2D eigenvalue weighted by Crippen LogP contribution is -2.28. The van der Waals surface area contributed by atoms with Gasteiger partial charge in [-0.05, 0) is 48.1 Å². The lowest BCUT2D eigenvalue weighted by atomic mass is 10.0. The quantitative estimate of drug-likeness (QED) is 0.504. The minimum absolute atomic E-state index is 0.305. The lowest BCUT2D eigenvalue weighted by Gasteiger charge is -2.15. The second-order valence-electron chi connectivity index (χ2n) is 5.74. The summed E-state index contributed by atoms with van der Waals surface area (Å²) in [7, 11) is 1.49. The Labute approximate surface area is 177 Å². The first kappa shape index (κ1) is 20.3. The minimum Gasteiger partial charge on any atom is -0.496 e. The third-order valence-corrected chi connectivity index (χ3v) is 5.03. The molecule has 0 saturated heterocycles. The number of anilines is 1. The van der Waals surface area contributed by atoms with E-state index < -0.39 is 5.82 Å². The van der Waals surface area contributed by atoms with Gasteiger partial charge in [0.15, 0.2) is 5.11 Å². The van der Waals surface area contributed by atoms with Gasteiger partial charge in [0, 0.05) is 12.7 Å². The van der Waals surface area contributed by atoms with Crippen molar-refractivity contribution in [1.82, 2.24) is 10.3 Å². The Morgan fingerprint density at radius 2 is 1.93 bits per heavy atom. The molecule has 0 atom stereocenters. The summed E-state index contributed by atoms with van der Waals surface area (Å²) in [5, 5.41) is 7.23. The Kier molecular flexibility index (Phi) is 6.67. The molecule has 0 bridgehead atoms. The van der Waals surface area contributed by atoms with E-state index in [9.17, 15) is 4.39 Å². The number of rotatable bonds is 5. The van der Waals surface area contributed by atoms with Crippen molar-refractivity contribution in [3.63, 3.8) is 0 Å². The first-order chi connectivity index (χ1) is 13.5. The van der Waals surface area contributed by atoms with Crippen LogP contribution in [0.25, 0.3) is 11.3 Å². The van der Waals surface area contributed by atoms with Gasteiger partial charge in [-0.25, -0.2) is 4.39 Å². The highest BCUT2D eigenvalue weighted by molar-refractivity contribution is 7.80. The molecule has 0 saturated carbocycles. The Hall–Kier alpha value is -2.41. The molecule has 144 valence electrons. The van der Waals surface area contributed by atoms with Crippen molar-refractivity contribution in [2.45, 2.75) is 6.54 Å². The van der Waals surface area contributed by atoms with Crippen molar-refractivity contribution < 1.29 is 9.13 Å². The van der Waals surface area contributed by atoms with Gasteiger partial charge in [0.2, 0.25) is 0 Å². The van der Waals surface area contributed by atoms with Gasteiger partial charge in [-0.1, -0.05) is 41.4 Å². The van der Waals surface area contributed by atoms with Crippen LogP contribution in [0, 0.1) is 5.82 Å². The maximum absolute atomic E-state index is 14.5. The number of benzene rings is 2. The molecule has 0 aliphatic heterocycles. The molecule has 1 aromatic heterocycles. The van der Waals surface area contributed by atoms with Crippen molar-refractivity contribution in [3.8, 4) is 17.0 Å². The van der Waals surface area contributed by atoms with Crippen LogP contribution in [0.2, 0.25) is 10.0 Å². The molecule has 0 amide bonds. The standard InChI is InChI=1S/C20H16Cl2FN3OS/c1-27-16-9-3-7-14(23)17(16)19-12(5-4-10-24-19)11-25-20(28)26-15-8-2-6-13(21)18(15)22/h2-10H,11H2,1H3,(H2,25,26,28). The van der Waals surface area contributed by atoms with Crippen LogP contribution in [0.15, 0.2) is 54.7 Å². The topological polar surface area (TPSA) is 46.2 Å². The number of methoxy groups -OCH3 is 1. The van der Waals surface area contributed by atoms with Crippen molar-refractivity contribution in [2.75, 3.05) is 12.4 Å². The van der Waals surface area contributed by atoms with Crippen molar-refractivity contribution in [1.29, 1.82) is 0 Å². The fraction of sp³-hybridized carbons (Fsp3) is 0.100. The third-order valence-electron chi connectivity index (χ3n) is 3.96. The molecule has 3 rings (SSSR count). The van der Waals surface area contributed by atoms with Crippen LogP contribution in [0.1, 0.15) is 5.56 Å². The summed E-state index contributed by atoms with van der Waals surface area (Å²) in [4.78, 5) is 4.34. The van der Waals surface area contributed by atoms with E-state index in [-0.39, 0.29) is 0 Å². The third kappa shape index (κ3) is 4.52. The van der Waals surface area contributed by atoms with Gasteiger partial charge in [0.05, 0.1) is 34.1 Å². The largest absolute Gasteiger partial charge is 0.496 e. The summed E-state index contributed by atoms with van der Waals surface area (Å²) < 4.78 is 19.8. The molecule has 28 heavy (non-hydrogen) atoms. The minimum atomic E-state index is -0.411. The number of halogens is 3.